The van der Waals surface area contributed by atoms with Gasteiger partial charge in [0.2, 0.25) is 0 Å². The van der Waals surface area contributed by atoms with Gasteiger partial charge < -0.3 is 4.42 Å². The molecule has 1 aromatic heterocycles. The summed E-state index contributed by atoms with van der Waals surface area (Å²) in [6.07, 6.45) is 0.712. The van der Waals surface area contributed by atoms with E-state index in [0.29, 0.717) is 12.0 Å². The fourth-order valence-electron chi connectivity index (χ4n) is 2.33. The summed E-state index contributed by atoms with van der Waals surface area (Å²) in [5.74, 6) is -0.361. The van der Waals surface area contributed by atoms with Crippen LogP contribution in [0.25, 0.3) is 11.1 Å². The highest BCUT2D eigenvalue weighted by molar-refractivity contribution is 9.10. The van der Waals surface area contributed by atoms with E-state index in [1.54, 1.807) is 7.05 Å². The monoisotopic (exact) mass is 365 g/mol. The minimum atomic E-state index is -0.361. The molecule has 2 aromatic carbocycles. The van der Waals surface area contributed by atoms with Crippen LogP contribution in [-0.2, 0) is 13.5 Å². The molecule has 21 heavy (non-hydrogen) atoms. The molecule has 0 aliphatic rings. The van der Waals surface area contributed by atoms with Crippen LogP contribution in [0.5, 0.6) is 0 Å². The van der Waals surface area contributed by atoms with E-state index in [1.165, 1.54) is 4.57 Å². The minimum Gasteiger partial charge on any atom is -0.408 e. The van der Waals surface area contributed by atoms with Gasteiger partial charge in [0.05, 0.1) is 10.9 Å². The standard InChI is InChI=1S/C16H13BrClNO2/c1-19-14-6-5-11(9-15(14)21-16(19)20)13(18)8-10-3-2-4-12(17)7-10/h2-7,9,13H,8H2,1H3. The second-order valence-electron chi connectivity index (χ2n) is 4.96. The summed E-state index contributed by atoms with van der Waals surface area (Å²) in [6, 6.07) is 13.7. The Labute approximate surface area is 135 Å². The van der Waals surface area contributed by atoms with E-state index in [9.17, 15) is 4.79 Å². The number of hydrogen-bond donors (Lipinski definition) is 0. The summed E-state index contributed by atoms with van der Waals surface area (Å²) < 4.78 is 7.72. The minimum absolute atomic E-state index is 0.172. The Morgan fingerprint density at radius 3 is 2.86 bits per heavy atom. The molecule has 3 nitrogen and oxygen atoms in total. The van der Waals surface area contributed by atoms with Gasteiger partial charge in [0, 0.05) is 11.5 Å². The molecule has 5 heteroatoms. The summed E-state index contributed by atoms with van der Waals surface area (Å²) in [7, 11) is 1.69. The smallest absolute Gasteiger partial charge is 0.408 e. The number of nitrogens with zero attached hydrogens (tertiary/aromatic N) is 1. The van der Waals surface area contributed by atoms with Crippen molar-refractivity contribution >= 4 is 38.6 Å². The van der Waals surface area contributed by atoms with Gasteiger partial charge in [0.1, 0.15) is 0 Å². The third kappa shape index (κ3) is 2.92. The summed E-state index contributed by atoms with van der Waals surface area (Å²) in [4.78, 5) is 11.5. The molecule has 0 spiro atoms. The SMILES string of the molecule is Cn1c(=O)oc2cc(C(Cl)Cc3cccc(Br)c3)ccc21. The van der Waals surface area contributed by atoms with E-state index in [2.05, 4.69) is 22.0 Å². The van der Waals surface area contributed by atoms with Crippen LogP contribution >= 0.6 is 27.5 Å². The molecule has 108 valence electrons. The van der Waals surface area contributed by atoms with E-state index in [4.69, 9.17) is 16.0 Å². The Kier molecular flexibility index (Phi) is 3.91. The quantitative estimate of drug-likeness (QED) is 0.643. The molecule has 0 radical (unpaired) electrons. The molecule has 1 atom stereocenters. The molecule has 0 saturated heterocycles. The number of hydrogen-bond acceptors (Lipinski definition) is 2. The topological polar surface area (TPSA) is 35.1 Å². The molecular formula is C16H13BrClNO2. The molecule has 0 bridgehead atoms. The van der Waals surface area contributed by atoms with Crippen molar-refractivity contribution < 1.29 is 4.42 Å². The van der Waals surface area contributed by atoms with Crippen LogP contribution in [0, 0.1) is 0 Å². The fourth-order valence-corrected chi connectivity index (χ4v) is 3.09. The molecule has 1 unspecified atom stereocenters. The van der Waals surface area contributed by atoms with Gasteiger partial charge in [-0.05, 0) is 41.8 Å². The Hall–Kier alpha value is -1.52. The molecule has 0 aliphatic heterocycles. The molecule has 0 N–H and O–H groups in total. The summed E-state index contributed by atoms with van der Waals surface area (Å²) in [5.41, 5.74) is 3.44. The summed E-state index contributed by atoms with van der Waals surface area (Å²) in [6.45, 7) is 0. The first kappa shape index (κ1) is 14.4. The molecule has 0 amide bonds. The number of halogens is 2. The Balaban J connectivity index is 1.91. The maximum absolute atomic E-state index is 11.5. The van der Waals surface area contributed by atoms with Gasteiger partial charge >= 0.3 is 5.76 Å². The van der Waals surface area contributed by atoms with Gasteiger partial charge in [0.15, 0.2) is 5.58 Å². The number of alkyl halides is 1. The molecule has 0 saturated carbocycles. The number of benzene rings is 2. The van der Waals surface area contributed by atoms with Crippen LogP contribution in [0.4, 0.5) is 0 Å². The van der Waals surface area contributed by atoms with Crippen molar-refractivity contribution in [1.82, 2.24) is 4.57 Å². The molecular weight excluding hydrogens is 354 g/mol. The van der Waals surface area contributed by atoms with Gasteiger partial charge in [-0.25, -0.2) is 4.79 Å². The normalized spacial score (nSPS) is 12.7. The van der Waals surface area contributed by atoms with Crippen LogP contribution in [-0.4, -0.2) is 4.57 Å². The number of rotatable bonds is 3. The zero-order valence-corrected chi connectivity index (χ0v) is 13.7. The Bertz CT molecular complexity index is 853. The summed E-state index contributed by atoms with van der Waals surface area (Å²) in [5, 5.41) is -0.172. The lowest BCUT2D eigenvalue weighted by Crippen LogP contribution is -2.08. The van der Waals surface area contributed by atoms with Crippen molar-refractivity contribution in [3.63, 3.8) is 0 Å². The highest BCUT2D eigenvalue weighted by Crippen LogP contribution is 2.28. The zero-order chi connectivity index (χ0) is 15.0. The molecule has 3 rings (SSSR count). The predicted octanol–water partition coefficient (Wildman–Crippen LogP) is 4.42. The highest BCUT2D eigenvalue weighted by atomic mass is 79.9. The predicted molar refractivity (Wildman–Crippen MR) is 87.9 cm³/mol. The number of aromatic nitrogens is 1. The fraction of sp³-hybridized carbons (Fsp3) is 0.188. The van der Waals surface area contributed by atoms with Crippen molar-refractivity contribution in [1.29, 1.82) is 0 Å². The lowest BCUT2D eigenvalue weighted by Gasteiger charge is -2.10. The largest absolute Gasteiger partial charge is 0.419 e. The van der Waals surface area contributed by atoms with Crippen molar-refractivity contribution in [3.8, 4) is 0 Å². The van der Waals surface area contributed by atoms with E-state index >= 15 is 0 Å². The lowest BCUT2D eigenvalue weighted by atomic mass is 10.0. The van der Waals surface area contributed by atoms with Crippen molar-refractivity contribution in [2.45, 2.75) is 11.8 Å². The van der Waals surface area contributed by atoms with Crippen LogP contribution < -0.4 is 5.76 Å². The molecule has 0 aliphatic carbocycles. The second kappa shape index (κ2) is 5.70. The second-order valence-corrected chi connectivity index (χ2v) is 6.40. The first-order valence-electron chi connectivity index (χ1n) is 6.52. The van der Waals surface area contributed by atoms with Crippen molar-refractivity contribution in [2.75, 3.05) is 0 Å². The van der Waals surface area contributed by atoms with Gasteiger partial charge in [-0.3, -0.25) is 4.57 Å². The summed E-state index contributed by atoms with van der Waals surface area (Å²) >= 11 is 9.95. The van der Waals surface area contributed by atoms with Crippen LogP contribution in [0.2, 0.25) is 0 Å². The van der Waals surface area contributed by atoms with E-state index in [1.807, 2.05) is 36.4 Å². The van der Waals surface area contributed by atoms with Gasteiger partial charge in [0.25, 0.3) is 0 Å². The average molecular weight is 367 g/mol. The van der Waals surface area contributed by atoms with Gasteiger partial charge in [-0.1, -0.05) is 34.1 Å². The van der Waals surface area contributed by atoms with Crippen LogP contribution in [0.1, 0.15) is 16.5 Å². The third-order valence-electron chi connectivity index (χ3n) is 3.48. The zero-order valence-electron chi connectivity index (χ0n) is 11.3. The number of aryl methyl sites for hydroxylation is 1. The first-order chi connectivity index (χ1) is 10.0. The first-order valence-corrected chi connectivity index (χ1v) is 7.75. The molecule has 0 fully saturated rings. The Morgan fingerprint density at radius 2 is 2.10 bits per heavy atom. The van der Waals surface area contributed by atoms with E-state index < -0.39 is 0 Å². The maximum atomic E-state index is 11.5. The average Bonchev–Trinajstić information content (AvgIpc) is 2.73. The Morgan fingerprint density at radius 1 is 1.29 bits per heavy atom. The van der Waals surface area contributed by atoms with Crippen LogP contribution in [0.3, 0.4) is 0 Å². The van der Waals surface area contributed by atoms with Gasteiger partial charge in [-0.2, -0.15) is 0 Å². The van der Waals surface area contributed by atoms with Crippen molar-refractivity contribution in [2.24, 2.45) is 7.05 Å². The lowest BCUT2D eigenvalue weighted by molar-refractivity contribution is 0.528. The molecule has 1 heterocycles. The van der Waals surface area contributed by atoms with Crippen molar-refractivity contribution in [3.05, 3.63) is 68.6 Å². The maximum Gasteiger partial charge on any atom is 0.419 e. The number of fused-ring (bicyclic) bond motifs is 1. The highest BCUT2D eigenvalue weighted by Gasteiger charge is 2.13. The van der Waals surface area contributed by atoms with Crippen LogP contribution in [0.15, 0.2) is 56.1 Å². The third-order valence-corrected chi connectivity index (χ3v) is 4.38. The van der Waals surface area contributed by atoms with E-state index in [0.717, 1.165) is 21.1 Å². The van der Waals surface area contributed by atoms with Gasteiger partial charge in [-0.15, -0.1) is 11.6 Å². The molecule has 3 aromatic rings. The number of oxazole rings is 1. The van der Waals surface area contributed by atoms with E-state index in [-0.39, 0.29) is 11.1 Å².